The van der Waals surface area contributed by atoms with E-state index in [0.29, 0.717) is 0 Å². The largest absolute Gasteiger partial charge is 0.310 e. The molecule has 0 saturated carbocycles. The van der Waals surface area contributed by atoms with Crippen LogP contribution in [0.15, 0.2) is 267 Å². The van der Waals surface area contributed by atoms with E-state index in [1.807, 2.05) is 0 Å². The summed E-state index contributed by atoms with van der Waals surface area (Å²) in [6, 6.07) is 97.6. The molecule has 0 amide bonds. The maximum absolute atomic E-state index is 2.44. The topological polar surface area (TPSA) is 8.17 Å². The Morgan fingerprint density at radius 2 is 0.809 bits per heavy atom. The molecule has 2 heteroatoms. The summed E-state index contributed by atoms with van der Waals surface area (Å²) in [6.45, 7) is 0. The van der Waals surface area contributed by atoms with Crippen molar-refractivity contribution >= 4 is 71.2 Å². The van der Waals surface area contributed by atoms with Crippen LogP contribution in [0.2, 0.25) is 0 Å². The summed E-state index contributed by atoms with van der Waals surface area (Å²) in [5, 5.41) is 9.87. The first-order valence-corrected chi connectivity index (χ1v) is 23.4. The zero-order valence-electron chi connectivity index (χ0n) is 37.3. The van der Waals surface area contributed by atoms with Gasteiger partial charge in [0.25, 0.3) is 0 Å². The number of para-hydroxylation sites is 2. The summed E-state index contributed by atoms with van der Waals surface area (Å²) in [5.74, 6) is 0. The number of hydrogen-bond donors (Lipinski definition) is 0. The second-order valence-electron chi connectivity index (χ2n) is 17.7. The van der Waals surface area contributed by atoms with E-state index in [1.165, 1.54) is 87.5 Å². The highest BCUT2D eigenvalue weighted by molar-refractivity contribution is 6.10. The molecule has 0 saturated heterocycles. The molecule has 12 aromatic carbocycles. The summed E-state index contributed by atoms with van der Waals surface area (Å²) in [7, 11) is 0. The van der Waals surface area contributed by atoms with Crippen LogP contribution in [0.1, 0.15) is 0 Å². The fourth-order valence-corrected chi connectivity index (χ4v) is 10.5. The maximum atomic E-state index is 2.44. The minimum Gasteiger partial charge on any atom is -0.310 e. The van der Waals surface area contributed by atoms with E-state index < -0.39 is 0 Å². The van der Waals surface area contributed by atoms with Crippen molar-refractivity contribution in [3.8, 4) is 50.2 Å². The van der Waals surface area contributed by atoms with Crippen molar-refractivity contribution in [1.82, 2.24) is 4.57 Å². The highest BCUT2D eigenvalue weighted by Gasteiger charge is 2.20. The third kappa shape index (κ3) is 6.73. The predicted octanol–water partition coefficient (Wildman–Crippen LogP) is 18.4. The molecule has 0 radical (unpaired) electrons. The van der Waals surface area contributed by atoms with Crippen molar-refractivity contribution in [3.63, 3.8) is 0 Å². The standard InChI is InChI=1S/C66H44N2/c1-2-17-48(18-3-1)62-44-50(36-40-66(62)68-63-30-12-10-27-60(63)61-28-11-13-31-64(61)68)46-34-37-53(38-35-46)67(54-23-14-22-51(43-54)56-29-15-21-47-19-6-7-24-55(47)56)65-41-39-57(58-25-8-9-26-59(58)65)52-33-32-45-16-4-5-20-49(45)42-52/h1-44H. The zero-order chi connectivity index (χ0) is 45.0. The number of aromatic nitrogens is 1. The zero-order valence-corrected chi connectivity index (χ0v) is 37.3. The fraction of sp³-hybridized carbons (Fsp3) is 0. The van der Waals surface area contributed by atoms with Crippen molar-refractivity contribution in [1.29, 1.82) is 0 Å². The van der Waals surface area contributed by atoms with Crippen LogP contribution < -0.4 is 4.90 Å². The molecule has 1 aromatic heterocycles. The lowest BCUT2D eigenvalue weighted by Gasteiger charge is -2.28. The summed E-state index contributed by atoms with van der Waals surface area (Å²) >= 11 is 0. The molecule has 0 spiro atoms. The molecule has 0 bridgehead atoms. The van der Waals surface area contributed by atoms with Gasteiger partial charge in [0.2, 0.25) is 0 Å². The molecular formula is C66H44N2. The predicted molar refractivity (Wildman–Crippen MR) is 290 cm³/mol. The Bertz CT molecular complexity index is 3970. The Labute approximate surface area is 395 Å². The second kappa shape index (κ2) is 16.5. The maximum Gasteiger partial charge on any atom is 0.0541 e. The Morgan fingerprint density at radius 3 is 1.59 bits per heavy atom. The minimum atomic E-state index is 1.08. The smallest absolute Gasteiger partial charge is 0.0541 e. The molecule has 13 rings (SSSR count). The van der Waals surface area contributed by atoms with Crippen molar-refractivity contribution in [2.24, 2.45) is 0 Å². The van der Waals surface area contributed by atoms with Gasteiger partial charge >= 0.3 is 0 Å². The average Bonchev–Trinajstić information content (AvgIpc) is 3.75. The van der Waals surface area contributed by atoms with Crippen LogP contribution in [0, 0.1) is 0 Å². The molecular weight excluding hydrogens is 821 g/mol. The van der Waals surface area contributed by atoms with E-state index in [4.69, 9.17) is 0 Å². The third-order valence-corrected chi connectivity index (χ3v) is 13.8. The molecule has 0 unspecified atom stereocenters. The van der Waals surface area contributed by atoms with Crippen LogP contribution in [0.5, 0.6) is 0 Å². The van der Waals surface area contributed by atoms with Crippen molar-refractivity contribution < 1.29 is 0 Å². The Hall–Kier alpha value is -8.98. The second-order valence-corrected chi connectivity index (χ2v) is 17.7. The molecule has 0 N–H and O–H groups in total. The van der Waals surface area contributed by atoms with Gasteiger partial charge in [0.1, 0.15) is 0 Å². The van der Waals surface area contributed by atoms with Crippen LogP contribution >= 0.6 is 0 Å². The first kappa shape index (κ1) is 39.4. The number of benzene rings is 12. The first-order chi connectivity index (χ1) is 33.7. The summed E-state index contributed by atoms with van der Waals surface area (Å²) in [4.78, 5) is 2.44. The number of hydrogen-bond acceptors (Lipinski definition) is 1. The molecule has 0 fully saturated rings. The quantitative estimate of drug-likeness (QED) is 0.148. The van der Waals surface area contributed by atoms with E-state index in [1.54, 1.807) is 0 Å². The van der Waals surface area contributed by atoms with E-state index in [-0.39, 0.29) is 0 Å². The lowest BCUT2D eigenvalue weighted by atomic mass is 9.94. The van der Waals surface area contributed by atoms with Gasteiger partial charge in [-0.2, -0.15) is 0 Å². The van der Waals surface area contributed by atoms with Gasteiger partial charge < -0.3 is 9.47 Å². The van der Waals surface area contributed by atoms with E-state index in [9.17, 15) is 0 Å². The molecule has 68 heavy (non-hydrogen) atoms. The van der Waals surface area contributed by atoms with Crippen LogP contribution in [0.3, 0.4) is 0 Å². The van der Waals surface area contributed by atoms with Gasteiger partial charge in [-0.05, 0) is 127 Å². The Balaban J connectivity index is 0.964. The lowest BCUT2D eigenvalue weighted by molar-refractivity contribution is 1.18. The number of anilines is 3. The van der Waals surface area contributed by atoms with Crippen molar-refractivity contribution in [3.05, 3.63) is 267 Å². The van der Waals surface area contributed by atoms with Crippen LogP contribution in [-0.4, -0.2) is 4.57 Å². The highest BCUT2D eigenvalue weighted by Crippen LogP contribution is 2.45. The van der Waals surface area contributed by atoms with Gasteiger partial charge in [-0.15, -0.1) is 0 Å². The van der Waals surface area contributed by atoms with Gasteiger partial charge in [-0.1, -0.05) is 206 Å². The van der Waals surface area contributed by atoms with Gasteiger partial charge in [0.15, 0.2) is 0 Å². The van der Waals surface area contributed by atoms with Gasteiger partial charge in [-0.25, -0.2) is 0 Å². The lowest BCUT2D eigenvalue weighted by Crippen LogP contribution is -2.11. The van der Waals surface area contributed by atoms with Crippen molar-refractivity contribution in [2.75, 3.05) is 4.90 Å². The minimum absolute atomic E-state index is 1.08. The molecule has 0 atom stereocenters. The number of nitrogens with zero attached hydrogens (tertiary/aromatic N) is 2. The van der Waals surface area contributed by atoms with Gasteiger partial charge in [-0.3, -0.25) is 0 Å². The monoisotopic (exact) mass is 864 g/mol. The van der Waals surface area contributed by atoms with Crippen LogP contribution in [-0.2, 0) is 0 Å². The molecule has 318 valence electrons. The van der Waals surface area contributed by atoms with Gasteiger partial charge in [0, 0.05) is 33.1 Å². The molecule has 2 nitrogen and oxygen atoms in total. The van der Waals surface area contributed by atoms with E-state index >= 15 is 0 Å². The molecule has 13 aromatic rings. The van der Waals surface area contributed by atoms with Crippen molar-refractivity contribution in [2.45, 2.75) is 0 Å². The van der Waals surface area contributed by atoms with Gasteiger partial charge in [0.05, 0.1) is 22.4 Å². The highest BCUT2D eigenvalue weighted by atomic mass is 15.1. The molecule has 0 aliphatic heterocycles. The summed E-state index contributed by atoms with van der Waals surface area (Å²) in [5.41, 5.74) is 16.3. The average molecular weight is 865 g/mol. The van der Waals surface area contributed by atoms with E-state index in [2.05, 4.69) is 276 Å². The SMILES string of the molecule is c1ccc(-c2cc(-c3ccc(N(c4cccc(-c5cccc6ccccc56)c4)c4ccc(-c5ccc6ccccc6c5)c5ccccc45)cc3)ccc2-n2c3ccccc3c3ccccc32)cc1. The van der Waals surface area contributed by atoms with E-state index in [0.717, 1.165) is 33.9 Å². The number of rotatable bonds is 8. The molecule has 0 aliphatic carbocycles. The normalized spacial score (nSPS) is 11.5. The van der Waals surface area contributed by atoms with Crippen LogP contribution in [0.25, 0.3) is 104 Å². The first-order valence-electron chi connectivity index (χ1n) is 23.4. The summed E-state index contributed by atoms with van der Waals surface area (Å²) < 4.78 is 2.43. The Morgan fingerprint density at radius 1 is 0.250 bits per heavy atom. The fourth-order valence-electron chi connectivity index (χ4n) is 10.5. The summed E-state index contributed by atoms with van der Waals surface area (Å²) in [6.07, 6.45) is 0. The molecule has 1 heterocycles. The molecule has 0 aliphatic rings. The Kier molecular flexibility index (Phi) is 9.54. The third-order valence-electron chi connectivity index (χ3n) is 13.8. The van der Waals surface area contributed by atoms with Crippen LogP contribution in [0.4, 0.5) is 17.1 Å². The number of fused-ring (bicyclic) bond motifs is 6.